The molecule has 1 heterocycles. The predicted octanol–water partition coefficient (Wildman–Crippen LogP) is 3.47. The molecule has 0 radical (unpaired) electrons. The van der Waals surface area contributed by atoms with Gasteiger partial charge in [0, 0.05) is 22.3 Å². The summed E-state index contributed by atoms with van der Waals surface area (Å²) in [5.41, 5.74) is 8.99. The number of rotatable bonds is 5. The second-order valence-electron chi connectivity index (χ2n) is 5.41. The van der Waals surface area contributed by atoms with Crippen LogP contribution in [0.2, 0.25) is 0 Å². The number of aryl methyl sites for hydroxylation is 1. The molecule has 0 aliphatic rings. The van der Waals surface area contributed by atoms with Gasteiger partial charge in [0.1, 0.15) is 0 Å². The number of nitrogens with one attached hydrogen (secondary N) is 1. The van der Waals surface area contributed by atoms with Crippen molar-refractivity contribution in [1.82, 2.24) is 4.98 Å². The molecule has 2 aromatic rings. The van der Waals surface area contributed by atoms with Crippen LogP contribution in [0.4, 0.5) is 5.69 Å². The molecule has 0 saturated carbocycles. The van der Waals surface area contributed by atoms with Gasteiger partial charge in [-0.25, -0.2) is 0 Å². The van der Waals surface area contributed by atoms with E-state index in [-0.39, 0.29) is 5.54 Å². The zero-order valence-electron chi connectivity index (χ0n) is 12.0. The van der Waals surface area contributed by atoms with Crippen molar-refractivity contribution in [2.24, 2.45) is 5.73 Å². The van der Waals surface area contributed by atoms with Gasteiger partial charge in [0.25, 0.3) is 0 Å². The van der Waals surface area contributed by atoms with E-state index in [0.29, 0.717) is 6.54 Å². The lowest BCUT2D eigenvalue weighted by Gasteiger charge is -2.31. The zero-order chi connectivity index (χ0) is 13.9. The molecule has 3 N–H and O–H groups in total. The van der Waals surface area contributed by atoms with Gasteiger partial charge >= 0.3 is 0 Å². The molecule has 1 atom stereocenters. The number of para-hydroxylation sites is 1. The fraction of sp³-hybridized carbons (Fsp3) is 0.438. The highest BCUT2D eigenvalue weighted by molar-refractivity contribution is 5.91. The van der Waals surface area contributed by atoms with Crippen LogP contribution in [0.1, 0.15) is 32.4 Å². The van der Waals surface area contributed by atoms with E-state index in [1.54, 1.807) is 0 Å². The summed E-state index contributed by atoms with van der Waals surface area (Å²) in [6.07, 6.45) is 2.00. The normalized spacial score (nSPS) is 14.3. The average molecular weight is 257 g/mol. The molecule has 0 aliphatic carbocycles. The lowest BCUT2D eigenvalue weighted by atomic mass is 9.93. The smallest absolute Gasteiger partial charge is 0.0725 e. The van der Waals surface area contributed by atoms with E-state index in [4.69, 9.17) is 5.73 Å². The first-order valence-corrected chi connectivity index (χ1v) is 6.92. The molecule has 0 bridgehead atoms. The Kier molecular flexibility index (Phi) is 4.05. The highest BCUT2D eigenvalue weighted by Crippen LogP contribution is 2.28. The summed E-state index contributed by atoms with van der Waals surface area (Å²) in [6.45, 7) is 7.15. The van der Waals surface area contributed by atoms with Crippen LogP contribution in [0.15, 0.2) is 30.3 Å². The molecule has 3 heteroatoms. The maximum Gasteiger partial charge on any atom is 0.0725 e. The predicted molar refractivity (Wildman–Crippen MR) is 82.5 cm³/mol. The summed E-state index contributed by atoms with van der Waals surface area (Å²) in [7, 11) is 0. The number of anilines is 1. The topological polar surface area (TPSA) is 50.9 Å². The second kappa shape index (κ2) is 5.57. The maximum atomic E-state index is 5.73. The molecule has 0 fully saturated rings. The van der Waals surface area contributed by atoms with Crippen molar-refractivity contribution in [3.63, 3.8) is 0 Å². The van der Waals surface area contributed by atoms with Crippen molar-refractivity contribution in [3.8, 4) is 0 Å². The number of fused-ring (bicyclic) bond motifs is 1. The number of hydrogen-bond donors (Lipinski definition) is 2. The van der Waals surface area contributed by atoms with Crippen LogP contribution >= 0.6 is 0 Å². The summed E-state index contributed by atoms with van der Waals surface area (Å²) in [5, 5.41) is 4.84. The number of nitrogens with two attached hydrogens (primary N) is 1. The Labute approximate surface area is 115 Å². The summed E-state index contributed by atoms with van der Waals surface area (Å²) >= 11 is 0. The van der Waals surface area contributed by atoms with Crippen molar-refractivity contribution in [1.29, 1.82) is 0 Å². The SMILES string of the molecule is CCC(C)(CCN)Nc1cc(C)nc2ccccc12. The van der Waals surface area contributed by atoms with Gasteiger partial charge in [-0.3, -0.25) is 4.98 Å². The van der Waals surface area contributed by atoms with E-state index in [9.17, 15) is 0 Å². The maximum absolute atomic E-state index is 5.73. The van der Waals surface area contributed by atoms with Gasteiger partial charge in [0.2, 0.25) is 0 Å². The Hall–Kier alpha value is -1.61. The van der Waals surface area contributed by atoms with E-state index >= 15 is 0 Å². The summed E-state index contributed by atoms with van der Waals surface area (Å²) < 4.78 is 0. The van der Waals surface area contributed by atoms with E-state index < -0.39 is 0 Å². The monoisotopic (exact) mass is 257 g/mol. The van der Waals surface area contributed by atoms with E-state index in [1.807, 2.05) is 13.0 Å². The third-order valence-electron chi connectivity index (χ3n) is 3.76. The third-order valence-corrected chi connectivity index (χ3v) is 3.76. The van der Waals surface area contributed by atoms with Crippen LogP contribution in [0.5, 0.6) is 0 Å². The first-order valence-electron chi connectivity index (χ1n) is 6.92. The van der Waals surface area contributed by atoms with Crippen molar-refractivity contribution >= 4 is 16.6 Å². The summed E-state index contributed by atoms with van der Waals surface area (Å²) in [5.74, 6) is 0. The Bertz CT molecular complexity index is 565. The lowest BCUT2D eigenvalue weighted by molar-refractivity contribution is 0.464. The van der Waals surface area contributed by atoms with Crippen LogP contribution in [0, 0.1) is 6.92 Å². The average Bonchev–Trinajstić information content (AvgIpc) is 2.39. The fourth-order valence-electron chi connectivity index (χ4n) is 2.38. The zero-order valence-corrected chi connectivity index (χ0v) is 12.0. The summed E-state index contributed by atoms with van der Waals surface area (Å²) in [4.78, 5) is 4.57. The fourth-order valence-corrected chi connectivity index (χ4v) is 2.38. The quantitative estimate of drug-likeness (QED) is 0.862. The molecule has 0 amide bonds. The molecule has 102 valence electrons. The number of pyridine rings is 1. The standard InChI is InChI=1S/C16H23N3/c1-4-16(3,9-10-17)19-15-11-12(2)18-14-8-6-5-7-13(14)15/h5-8,11H,4,9-10,17H2,1-3H3,(H,18,19). The lowest BCUT2D eigenvalue weighted by Crippen LogP contribution is -2.36. The van der Waals surface area contributed by atoms with Crippen molar-refractivity contribution in [2.45, 2.75) is 39.2 Å². The van der Waals surface area contributed by atoms with Crippen LogP contribution in [0.25, 0.3) is 10.9 Å². The minimum absolute atomic E-state index is 0.0331. The first kappa shape index (κ1) is 13.8. The van der Waals surface area contributed by atoms with Gasteiger partial charge in [0.15, 0.2) is 0 Å². The number of aromatic nitrogens is 1. The molecule has 1 aromatic carbocycles. The van der Waals surface area contributed by atoms with Gasteiger partial charge < -0.3 is 11.1 Å². The van der Waals surface area contributed by atoms with Crippen LogP contribution in [0.3, 0.4) is 0 Å². The largest absolute Gasteiger partial charge is 0.379 e. The molecule has 0 saturated heterocycles. The molecule has 0 aliphatic heterocycles. The van der Waals surface area contributed by atoms with Crippen LogP contribution in [-0.4, -0.2) is 17.1 Å². The van der Waals surface area contributed by atoms with Gasteiger partial charge in [0.05, 0.1) is 5.52 Å². The highest BCUT2D eigenvalue weighted by atomic mass is 15.0. The number of hydrogen-bond acceptors (Lipinski definition) is 3. The van der Waals surface area contributed by atoms with E-state index in [1.165, 1.54) is 5.39 Å². The Morgan fingerprint density at radius 3 is 2.74 bits per heavy atom. The van der Waals surface area contributed by atoms with Crippen LogP contribution in [-0.2, 0) is 0 Å². The third kappa shape index (κ3) is 3.04. The Balaban J connectivity index is 2.44. The Morgan fingerprint density at radius 2 is 2.05 bits per heavy atom. The molecule has 2 rings (SSSR count). The second-order valence-corrected chi connectivity index (χ2v) is 5.41. The molecule has 19 heavy (non-hydrogen) atoms. The number of nitrogens with zero attached hydrogens (tertiary/aromatic N) is 1. The molecule has 1 unspecified atom stereocenters. The van der Waals surface area contributed by atoms with E-state index in [0.717, 1.165) is 29.7 Å². The van der Waals surface area contributed by atoms with Crippen LogP contribution < -0.4 is 11.1 Å². The Morgan fingerprint density at radius 1 is 1.32 bits per heavy atom. The minimum Gasteiger partial charge on any atom is -0.379 e. The van der Waals surface area contributed by atoms with E-state index in [2.05, 4.69) is 48.4 Å². The molecule has 0 spiro atoms. The minimum atomic E-state index is 0.0331. The van der Waals surface area contributed by atoms with Gasteiger partial charge in [-0.15, -0.1) is 0 Å². The first-order chi connectivity index (χ1) is 9.08. The van der Waals surface area contributed by atoms with Crippen molar-refractivity contribution in [2.75, 3.05) is 11.9 Å². The van der Waals surface area contributed by atoms with Gasteiger partial charge in [-0.2, -0.15) is 0 Å². The molecular weight excluding hydrogens is 234 g/mol. The summed E-state index contributed by atoms with van der Waals surface area (Å²) in [6, 6.07) is 10.4. The highest BCUT2D eigenvalue weighted by Gasteiger charge is 2.21. The van der Waals surface area contributed by atoms with Crippen molar-refractivity contribution < 1.29 is 0 Å². The molecular formula is C16H23N3. The van der Waals surface area contributed by atoms with Gasteiger partial charge in [-0.1, -0.05) is 25.1 Å². The molecule has 1 aromatic heterocycles. The number of benzene rings is 1. The molecule has 3 nitrogen and oxygen atoms in total. The van der Waals surface area contributed by atoms with Crippen molar-refractivity contribution in [3.05, 3.63) is 36.0 Å². The van der Waals surface area contributed by atoms with Gasteiger partial charge in [-0.05, 0) is 45.4 Å².